The second-order valence-electron chi connectivity index (χ2n) is 4.56. The molecule has 0 aliphatic heterocycles. The number of aryl methyl sites for hydroxylation is 2. The van der Waals surface area contributed by atoms with Crippen LogP contribution in [-0.4, -0.2) is 8.42 Å². The fraction of sp³-hybridized carbons (Fsp3) is 0.143. The molecule has 0 saturated heterocycles. The maximum absolute atomic E-state index is 12.5. The van der Waals surface area contributed by atoms with Crippen LogP contribution in [0.2, 0.25) is 0 Å². The molecule has 2 rings (SSSR count). The maximum Gasteiger partial charge on any atom is 0.262 e. The molecule has 0 heterocycles. The lowest BCUT2D eigenvalue weighted by atomic mass is 10.2. The molecule has 0 bridgehead atoms. The van der Waals surface area contributed by atoms with Gasteiger partial charge in [0.2, 0.25) is 0 Å². The quantitative estimate of drug-likeness (QED) is 0.829. The zero-order valence-electron chi connectivity index (χ0n) is 11.1. The topological polar surface area (TPSA) is 72.2 Å². The highest BCUT2D eigenvalue weighted by Gasteiger charge is 2.19. The maximum atomic E-state index is 12.5. The van der Waals surface area contributed by atoms with E-state index in [1.54, 1.807) is 25.1 Å². The van der Waals surface area contributed by atoms with Crippen LogP contribution in [0.1, 0.15) is 11.1 Å². The summed E-state index contributed by atoms with van der Waals surface area (Å²) in [7, 11) is -3.66. The van der Waals surface area contributed by atoms with E-state index in [-0.39, 0.29) is 4.90 Å². The highest BCUT2D eigenvalue weighted by Crippen LogP contribution is 2.28. The number of hydrogen-bond acceptors (Lipinski definition) is 3. The Hall–Kier alpha value is -1.53. The molecule has 0 radical (unpaired) electrons. The van der Waals surface area contributed by atoms with Crippen LogP contribution in [0.15, 0.2) is 45.8 Å². The van der Waals surface area contributed by atoms with Crippen molar-refractivity contribution in [2.75, 3.05) is 10.5 Å². The molecule has 6 heteroatoms. The monoisotopic (exact) mass is 354 g/mol. The third-order valence-electron chi connectivity index (χ3n) is 2.97. The Morgan fingerprint density at radius 3 is 2.40 bits per heavy atom. The van der Waals surface area contributed by atoms with E-state index < -0.39 is 10.0 Å². The summed E-state index contributed by atoms with van der Waals surface area (Å²) < 4.78 is 28.2. The van der Waals surface area contributed by atoms with E-state index in [4.69, 9.17) is 5.73 Å². The van der Waals surface area contributed by atoms with Crippen LogP contribution in [0, 0.1) is 13.8 Å². The van der Waals surface area contributed by atoms with Gasteiger partial charge in [-0.1, -0.05) is 18.2 Å². The van der Waals surface area contributed by atoms with Gasteiger partial charge in [0.15, 0.2) is 0 Å². The lowest BCUT2D eigenvalue weighted by molar-refractivity contribution is 0.600. The fourth-order valence-corrected chi connectivity index (χ4v) is 3.70. The van der Waals surface area contributed by atoms with E-state index >= 15 is 0 Å². The van der Waals surface area contributed by atoms with Gasteiger partial charge in [0.25, 0.3) is 10.0 Å². The van der Waals surface area contributed by atoms with Crippen molar-refractivity contribution >= 4 is 37.3 Å². The van der Waals surface area contributed by atoms with Crippen molar-refractivity contribution in [2.45, 2.75) is 18.7 Å². The second-order valence-corrected chi connectivity index (χ2v) is 7.06. The number of halogens is 1. The molecule has 4 nitrogen and oxygen atoms in total. The van der Waals surface area contributed by atoms with Gasteiger partial charge in [-0.3, -0.25) is 4.72 Å². The van der Waals surface area contributed by atoms with E-state index in [1.165, 1.54) is 6.07 Å². The molecule has 0 fully saturated rings. The lowest BCUT2D eigenvalue weighted by Crippen LogP contribution is -2.15. The van der Waals surface area contributed by atoms with E-state index in [2.05, 4.69) is 20.7 Å². The molecular formula is C14H15BrN2O2S. The van der Waals surface area contributed by atoms with Crippen LogP contribution in [0.3, 0.4) is 0 Å². The molecule has 0 atom stereocenters. The molecular weight excluding hydrogens is 340 g/mol. The van der Waals surface area contributed by atoms with Gasteiger partial charge in [-0.2, -0.15) is 0 Å². The average Bonchev–Trinajstić information content (AvgIpc) is 2.36. The summed E-state index contributed by atoms with van der Waals surface area (Å²) in [4.78, 5) is 0.182. The van der Waals surface area contributed by atoms with E-state index in [9.17, 15) is 8.42 Å². The molecule has 0 amide bonds. The van der Waals surface area contributed by atoms with Crippen LogP contribution in [0.25, 0.3) is 0 Å². The molecule has 0 aliphatic rings. The first kappa shape index (κ1) is 14.9. The Balaban J connectivity index is 2.47. The zero-order chi connectivity index (χ0) is 14.9. The molecule has 0 saturated carbocycles. The largest absolute Gasteiger partial charge is 0.398 e. The lowest BCUT2D eigenvalue weighted by Gasteiger charge is -2.13. The number of nitrogens with two attached hydrogens (primary N) is 1. The summed E-state index contributed by atoms with van der Waals surface area (Å²) in [6.07, 6.45) is 0. The number of rotatable bonds is 3. The van der Waals surface area contributed by atoms with Gasteiger partial charge in [0, 0.05) is 10.2 Å². The van der Waals surface area contributed by atoms with Gasteiger partial charge in [0.1, 0.15) is 0 Å². The normalized spacial score (nSPS) is 11.3. The number of anilines is 2. The summed E-state index contributed by atoms with van der Waals surface area (Å²) in [5, 5.41) is 0. The van der Waals surface area contributed by atoms with Gasteiger partial charge in [-0.25, -0.2) is 8.42 Å². The van der Waals surface area contributed by atoms with Crippen LogP contribution in [-0.2, 0) is 10.0 Å². The average molecular weight is 355 g/mol. The molecule has 2 aromatic carbocycles. The molecule has 0 aliphatic carbocycles. The predicted octanol–water partition coefficient (Wildman–Crippen LogP) is 3.45. The van der Waals surface area contributed by atoms with Crippen molar-refractivity contribution < 1.29 is 8.42 Å². The van der Waals surface area contributed by atoms with Gasteiger partial charge in [0.05, 0.1) is 10.6 Å². The highest BCUT2D eigenvalue weighted by atomic mass is 79.9. The molecule has 0 unspecified atom stereocenters. The van der Waals surface area contributed by atoms with Crippen molar-refractivity contribution in [3.8, 4) is 0 Å². The summed E-state index contributed by atoms with van der Waals surface area (Å²) in [5.74, 6) is 0. The summed E-state index contributed by atoms with van der Waals surface area (Å²) >= 11 is 3.29. The van der Waals surface area contributed by atoms with Crippen molar-refractivity contribution in [2.24, 2.45) is 0 Å². The van der Waals surface area contributed by atoms with Crippen LogP contribution >= 0.6 is 15.9 Å². The molecule has 0 aromatic heterocycles. The zero-order valence-corrected chi connectivity index (χ0v) is 13.5. The van der Waals surface area contributed by atoms with E-state index in [0.29, 0.717) is 21.4 Å². The molecule has 3 N–H and O–H groups in total. The van der Waals surface area contributed by atoms with Gasteiger partial charge in [-0.15, -0.1) is 0 Å². The second kappa shape index (κ2) is 5.46. The van der Waals surface area contributed by atoms with Crippen LogP contribution in [0.4, 0.5) is 11.4 Å². The molecule has 106 valence electrons. The summed E-state index contributed by atoms with van der Waals surface area (Å²) in [6, 6.07) is 10.4. The third-order valence-corrected chi connectivity index (χ3v) is 5.17. The third kappa shape index (κ3) is 2.96. The number of sulfonamides is 1. The van der Waals surface area contributed by atoms with Crippen molar-refractivity contribution in [1.29, 1.82) is 0 Å². The van der Waals surface area contributed by atoms with Gasteiger partial charge in [-0.05, 0) is 59.1 Å². The minimum absolute atomic E-state index is 0.182. The fourth-order valence-electron chi connectivity index (χ4n) is 1.85. The van der Waals surface area contributed by atoms with Crippen LogP contribution < -0.4 is 10.5 Å². The Kier molecular flexibility index (Phi) is 4.06. The van der Waals surface area contributed by atoms with Crippen molar-refractivity contribution in [1.82, 2.24) is 0 Å². The number of hydrogen-bond donors (Lipinski definition) is 2. The van der Waals surface area contributed by atoms with Crippen LogP contribution in [0.5, 0.6) is 0 Å². The number of para-hydroxylation sites is 1. The van der Waals surface area contributed by atoms with Gasteiger partial charge >= 0.3 is 0 Å². The first-order chi connectivity index (χ1) is 9.31. The number of benzene rings is 2. The minimum Gasteiger partial charge on any atom is -0.398 e. The SMILES string of the molecule is Cc1ccccc1NS(=O)(=O)c1cc(N)c(Br)cc1C. The Labute approximate surface area is 127 Å². The van der Waals surface area contributed by atoms with Crippen molar-refractivity contribution in [3.63, 3.8) is 0 Å². The van der Waals surface area contributed by atoms with Gasteiger partial charge < -0.3 is 5.73 Å². The highest BCUT2D eigenvalue weighted by molar-refractivity contribution is 9.10. The Morgan fingerprint density at radius 1 is 1.10 bits per heavy atom. The summed E-state index contributed by atoms with van der Waals surface area (Å²) in [6.45, 7) is 3.58. The minimum atomic E-state index is -3.66. The smallest absolute Gasteiger partial charge is 0.262 e. The van der Waals surface area contributed by atoms with E-state index in [1.807, 2.05) is 19.1 Å². The molecule has 20 heavy (non-hydrogen) atoms. The standard InChI is InChI=1S/C14H15BrN2O2S/c1-9-5-3-4-6-13(9)17-20(18,19)14-8-12(16)11(15)7-10(14)2/h3-8,17H,16H2,1-2H3. The number of nitrogen functional groups attached to an aromatic ring is 1. The Morgan fingerprint density at radius 2 is 1.75 bits per heavy atom. The molecule has 2 aromatic rings. The van der Waals surface area contributed by atoms with Crippen molar-refractivity contribution in [3.05, 3.63) is 52.0 Å². The Bertz CT molecular complexity index is 758. The first-order valence-electron chi connectivity index (χ1n) is 5.95. The van der Waals surface area contributed by atoms with E-state index in [0.717, 1.165) is 5.56 Å². The predicted molar refractivity (Wildman–Crippen MR) is 85.3 cm³/mol. The molecule has 0 spiro atoms. The first-order valence-corrected chi connectivity index (χ1v) is 8.23. The summed E-state index contributed by atoms with van der Waals surface area (Å²) in [5.41, 5.74) is 8.21. The number of nitrogens with one attached hydrogen (secondary N) is 1.